The van der Waals surface area contributed by atoms with E-state index in [0.717, 1.165) is 35.8 Å². The monoisotopic (exact) mass is 236 g/mol. The van der Waals surface area contributed by atoms with Crippen molar-refractivity contribution in [1.29, 1.82) is 0 Å². The quantitative estimate of drug-likeness (QED) is 0.751. The lowest BCUT2D eigenvalue weighted by Gasteiger charge is -2.24. The molecule has 1 fully saturated rings. The normalized spacial score (nSPS) is 23.4. The zero-order chi connectivity index (χ0) is 11.1. The van der Waals surface area contributed by atoms with Crippen molar-refractivity contribution < 1.29 is 4.79 Å². The second-order valence-corrected chi connectivity index (χ2v) is 4.84. The fourth-order valence-electron chi connectivity index (χ4n) is 2.63. The molecule has 3 rings (SSSR count). The van der Waals surface area contributed by atoms with E-state index in [1.807, 2.05) is 18.2 Å². The van der Waals surface area contributed by atoms with Crippen LogP contribution in [0, 0.1) is 0 Å². The molecule has 1 N–H and O–H groups in total. The predicted octanol–water partition coefficient (Wildman–Crippen LogP) is 2.65. The summed E-state index contributed by atoms with van der Waals surface area (Å²) in [7, 11) is 0. The van der Waals surface area contributed by atoms with Crippen LogP contribution < -0.4 is 10.2 Å². The maximum absolute atomic E-state index is 11.7. The molecule has 16 heavy (non-hydrogen) atoms. The van der Waals surface area contributed by atoms with Crippen LogP contribution in [0.5, 0.6) is 0 Å². The number of fused-ring (bicyclic) bond motifs is 3. The third-order valence-corrected chi connectivity index (χ3v) is 3.58. The highest BCUT2D eigenvalue weighted by molar-refractivity contribution is 6.31. The highest BCUT2D eigenvalue weighted by Gasteiger charge is 2.31. The summed E-state index contributed by atoms with van der Waals surface area (Å²) in [5, 5.41) is 3.66. The summed E-state index contributed by atoms with van der Waals surface area (Å²) in [4.78, 5) is 14.0. The second kappa shape index (κ2) is 3.67. The fourth-order valence-corrected chi connectivity index (χ4v) is 2.79. The van der Waals surface area contributed by atoms with Crippen molar-refractivity contribution in [2.45, 2.75) is 25.3 Å². The Balaban J connectivity index is 2.10. The largest absolute Gasteiger partial charge is 0.366 e. The van der Waals surface area contributed by atoms with Crippen LogP contribution in [0.3, 0.4) is 0 Å². The first-order chi connectivity index (χ1) is 7.74. The molecule has 0 saturated carbocycles. The molecule has 1 amide bonds. The van der Waals surface area contributed by atoms with Gasteiger partial charge in [-0.3, -0.25) is 4.79 Å². The average molecular weight is 237 g/mol. The molecule has 1 saturated heterocycles. The maximum atomic E-state index is 11.7. The zero-order valence-electron chi connectivity index (χ0n) is 8.87. The Morgan fingerprint density at radius 3 is 3.19 bits per heavy atom. The highest BCUT2D eigenvalue weighted by atomic mass is 35.5. The van der Waals surface area contributed by atoms with Gasteiger partial charge in [0, 0.05) is 24.0 Å². The van der Waals surface area contributed by atoms with E-state index >= 15 is 0 Å². The number of hydrogen-bond donors (Lipinski definition) is 1. The van der Waals surface area contributed by atoms with Gasteiger partial charge in [-0.05, 0) is 31.0 Å². The molecule has 2 heterocycles. The summed E-state index contributed by atoms with van der Waals surface area (Å²) in [6, 6.07) is 5.99. The van der Waals surface area contributed by atoms with Crippen LogP contribution in [0.1, 0.15) is 19.3 Å². The van der Waals surface area contributed by atoms with Crippen LogP contribution in [0.4, 0.5) is 11.4 Å². The van der Waals surface area contributed by atoms with Gasteiger partial charge in [0.2, 0.25) is 5.91 Å². The van der Waals surface area contributed by atoms with Crippen LogP contribution in [-0.4, -0.2) is 18.5 Å². The van der Waals surface area contributed by atoms with Crippen LogP contribution in [0.2, 0.25) is 5.02 Å². The van der Waals surface area contributed by atoms with Crippen LogP contribution >= 0.6 is 11.6 Å². The molecule has 0 bridgehead atoms. The zero-order valence-corrected chi connectivity index (χ0v) is 9.63. The smallest absolute Gasteiger partial charge is 0.226 e. The van der Waals surface area contributed by atoms with E-state index in [-0.39, 0.29) is 5.91 Å². The molecule has 1 aromatic rings. The fraction of sp³-hybridized carbons (Fsp3) is 0.417. The molecule has 1 unspecified atom stereocenters. The summed E-state index contributed by atoms with van der Waals surface area (Å²) in [5.41, 5.74) is 1.96. The van der Waals surface area contributed by atoms with E-state index in [4.69, 9.17) is 11.6 Å². The molecule has 2 aliphatic rings. The number of anilines is 2. The van der Waals surface area contributed by atoms with E-state index in [0.29, 0.717) is 12.5 Å². The number of amides is 1. The third kappa shape index (κ3) is 1.55. The first-order valence-electron chi connectivity index (χ1n) is 5.60. The van der Waals surface area contributed by atoms with Crippen molar-refractivity contribution in [3.8, 4) is 0 Å². The van der Waals surface area contributed by atoms with Gasteiger partial charge in [-0.1, -0.05) is 11.6 Å². The van der Waals surface area contributed by atoms with Crippen molar-refractivity contribution in [3.63, 3.8) is 0 Å². The van der Waals surface area contributed by atoms with E-state index < -0.39 is 0 Å². The van der Waals surface area contributed by atoms with Crippen LogP contribution in [0.15, 0.2) is 18.2 Å². The summed E-state index contributed by atoms with van der Waals surface area (Å²) in [6.45, 7) is 1.02. The first kappa shape index (κ1) is 9.97. The molecule has 0 aliphatic carbocycles. The standard InChI is InChI=1S/C12H13ClN2O/c13-8-3-4-10-11(6-8)15-5-1-2-9(15)7-12(16)14-10/h3-4,6,9H,1-2,5,7H2,(H,14,16). The number of carbonyl (C=O) groups is 1. The second-order valence-electron chi connectivity index (χ2n) is 4.40. The lowest BCUT2D eigenvalue weighted by molar-refractivity contribution is -0.116. The first-order valence-corrected chi connectivity index (χ1v) is 5.98. The molecule has 3 nitrogen and oxygen atoms in total. The third-order valence-electron chi connectivity index (χ3n) is 3.34. The van der Waals surface area contributed by atoms with E-state index in [1.165, 1.54) is 0 Å². The van der Waals surface area contributed by atoms with Gasteiger partial charge in [0.05, 0.1) is 11.4 Å². The Hall–Kier alpha value is -1.22. The SMILES string of the molecule is O=C1CC2CCCN2c2cc(Cl)ccc2N1. The predicted molar refractivity (Wildman–Crippen MR) is 65.1 cm³/mol. The minimum Gasteiger partial charge on any atom is -0.366 e. The van der Waals surface area contributed by atoms with Crippen molar-refractivity contribution >= 4 is 28.9 Å². The van der Waals surface area contributed by atoms with Gasteiger partial charge < -0.3 is 10.2 Å². The van der Waals surface area contributed by atoms with E-state index in [1.54, 1.807) is 0 Å². The molecule has 2 aliphatic heterocycles. The molecule has 4 heteroatoms. The Labute approximate surface area is 99.4 Å². The Kier molecular flexibility index (Phi) is 2.28. The number of carbonyl (C=O) groups excluding carboxylic acids is 1. The van der Waals surface area contributed by atoms with Gasteiger partial charge in [-0.2, -0.15) is 0 Å². The average Bonchev–Trinajstić information content (AvgIpc) is 2.64. The highest BCUT2D eigenvalue weighted by Crippen LogP contribution is 2.37. The summed E-state index contributed by atoms with van der Waals surface area (Å²) in [5.74, 6) is 0.109. The number of benzene rings is 1. The Morgan fingerprint density at radius 2 is 2.31 bits per heavy atom. The Bertz CT molecular complexity index is 447. The van der Waals surface area contributed by atoms with Crippen molar-refractivity contribution in [1.82, 2.24) is 0 Å². The molecular weight excluding hydrogens is 224 g/mol. The van der Waals surface area contributed by atoms with E-state index in [2.05, 4.69) is 10.2 Å². The number of nitrogens with one attached hydrogen (secondary N) is 1. The number of rotatable bonds is 0. The van der Waals surface area contributed by atoms with Crippen LogP contribution in [0.25, 0.3) is 0 Å². The molecule has 0 spiro atoms. The summed E-state index contributed by atoms with van der Waals surface area (Å²) >= 11 is 6.02. The minimum absolute atomic E-state index is 0.109. The van der Waals surface area contributed by atoms with Gasteiger partial charge in [-0.15, -0.1) is 0 Å². The van der Waals surface area contributed by atoms with Gasteiger partial charge in [-0.25, -0.2) is 0 Å². The van der Waals surface area contributed by atoms with Crippen LogP contribution in [-0.2, 0) is 4.79 Å². The molecule has 1 aromatic carbocycles. The Morgan fingerprint density at radius 1 is 1.44 bits per heavy atom. The van der Waals surface area contributed by atoms with Gasteiger partial charge in [0.1, 0.15) is 0 Å². The topological polar surface area (TPSA) is 32.3 Å². The number of hydrogen-bond acceptors (Lipinski definition) is 2. The molecule has 0 radical (unpaired) electrons. The van der Waals surface area contributed by atoms with E-state index in [9.17, 15) is 4.79 Å². The van der Waals surface area contributed by atoms with Gasteiger partial charge in [0.15, 0.2) is 0 Å². The summed E-state index contributed by atoms with van der Waals surface area (Å²) < 4.78 is 0. The number of halogens is 1. The van der Waals surface area contributed by atoms with Gasteiger partial charge in [0.25, 0.3) is 0 Å². The van der Waals surface area contributed by atoms with Gasteiger partial charge >= 0.3 is 0 Å². The molecule has 1 atom stereocenters. The lowest BCUT2D eigenvalue weighted by atomic mass is 10.1. The lowest BCUT2D eigenvalue weighted by Crippen LogP contribution is -2.29. The molecule has 0 aromatic heterocycles. The van der Waals surface area contributed by atoms with Crippen molar-refractivity contribution in [3.05, 3.63) is 23.2 Å². The molecule has 84 valence electrons. The number of nitrogens with zero attached hydrogens (tertiary/aromatic N) is 1. The maximum Gasteiger partial charge on any atom is 0.226 e. The molecular formula is C12H13ClN2O. The summed E-state index contributed by atoms with van der Waals surface area (Å²) in [6.07, 6.45) is 2.84. The van der Waals surface area contributed by atoms with Crippen molar-refractivity contribution in [2.24, 2.45) is 0 Å². The minimum atomic E-state index is 0.109. The van der Waals surface area contributed by atoms with Crippen molar-refractivity contribution in [2.75, 3.05) is 16.8 Å².